The van der Waals surface area contributed by atoms with E-state index in [4.69, 9.17) is 9.84 Å². The van der Waals surface area contributed by atoms with Crippen LogP contribution in [0.2, 0.25) is 0 Å². The molecule has 0 saturated carbocycles. The van der Waals surface area contributed by atoms with Crippen LogP contribution in [0.3, 0.4) is 0 Å². The lowest BCUT2D eigenvalue weighted by atomic mass is 9.95. The number of aliphatic hydroxyl groups is 2. The molecule has 27 heavy (non-hydrogen) atoms. The maximum atomic E-state index is 12.7. The van der Waals surface area contributed by atoms with Crippen molar-refractivity contribution in [2.75, 3.05) is 20.3 Å². The highest BCUT2D eigenvalue weighted by atomic mass is 16.5. The minimum absolute atomic E-state index is 0.0503. The van der Waals surface area contributed by atoms with E-state index in [1.807, 2.05) is 0 Å². The number of benzene rings is 2. The highest BCUT2D eigenvalue weighted by Gasteiger charge is 2.45. The molecule has 1 heterocycles. The summed E-state index contributed by atoms with van der Waals surface area (Å²) in [7, 11) is 1.55. The van der Waals surface area contributed by atoms with Crippen LogP contribution in [0, 0.1) is 0 Å². The number of carbonyl (C=O) groups is 2. The predicted octanol–water partition coefficient (Wildman–Crippen LogP) is 2.50. The summed E-state index contributed by atoms with van der Waals surface area (Å²) in [5.74, 6) is -0.966. The van der Waals surface area contributed by atoms with Crippen molar-refractivity contribution in [3.8, 4) is 5.75 Å². The molecule has 6 heteroatoms. The van der Waals surface area contributed by atoms with E-state index in [1.165, 1.54) is 4.90 Å². The third-order valence-corrected chi connectivity index (χ3v) is 4.58. The summed E-state index contributed by atoms with van der Waals surface area (Å²) in [4.78, 5) is 26.7. The Hall–Kier alpha value is -3.12. The van der Waals surface area contributed by atoms with E-state index >= 15 is 0 Å². The van der Waals surface area contributed by atoms with Crippen molar-refractivity contribution >= 4 is 17.4 Å². The number of carbonyl (C=O) groups excluding carboxylic acids is 2. The van der Waals surface area contributed by atoms with Gasteiger partial charge < -0.3 is 19.8 Å². The summed E-state index contributed by atoms with van der Waals surface area (Å²) >= 11 is 0. The first-order valence-corrected chi connectivity index (χ1v) is 8.67. The largest absolute Gasteiger partial charge is 0.507 e. The number of amides is 1. The standard InChI is InChI=1S/C21H21NO5/c1-27-16-10-8-14(9-11-16)18-17(19(24)15-6-3-2-4-7-15)20(25)21(26)22(18)12-5-13-23/h2-4,6-11,18,23-24H,5,12-13H2,1H3. The zero-order valence-corrected chi connectivity index (χ0v) is 15.0. The van der Waals surface area contributed by atoms with E-state index < -0.39 is 17.7 Å². The van der Waals surface area contributed by atoms with Crippen molar-refractivity contribution < 1.29 is 24.5 Å². The highest BCUT2D eigenvalue weighted by Crippen LogP contribution is 2.39. The molecule has 1 aliphatic rings. The summed E-state index contributed by atoms with van der Waals surface area (Å²) in [5, 5.41) is 19.9. The number of ether oxygens (including phenoxy) is 1. The number of rotatable bonds is 6. The van der Waals surface area contributed by atoms with Gasteiger partial charge in [0.1, 0.15) is 11.5 Å². The molecule has 3 rings (SSSR count). The van der Waals surface area contributed by atoms with Gasteiger partial charge in [0.15, 0.2) is 0 Å². The molecule has 0 bridgehead atoms. The summed E-state index contributed by atoms with van der Waals surface area (Å²) in [6, 6.07) is 15.0. The van der Waals surface area contributed by atoms with E-state index in [0.717, 1.165) is 0 Å². The SMILES string of the molecule is COc1ccc(C2C(=C(O)c3ccccc3)C(=O)C(=O)N2CCCO)cc1. The summed E-state index contributed by atoms with van der Waals surface area (Å²) in [5.41, 5.74) is 1.20. The zero-order chi connectivity index (χ0) is 19.4. The van der Waals surface area contributed by atoms with Crippen LogP contribution >= 0.6 is 0 Å². The number of hydrogen-bond acceptors (Lipinski definition) is 5. The Kier molecular flexibility index (Phi) is 5.57. The molecule has 1 amide bonds. The Bertz CT molecular complexity index is 858. The number of nitrogens with zero attached hydrogens (tertiary/aromatic N) is 1. The molecule has 1 unspecified atom stereocenters. The summed E-state index contributed by atoms with van der Waals surface area (Å²) in [6.07, 6.45) is 0.338. The van der Waals surface area contributed by atoms with Crippen LogP contribution in [-0.2, 0) is 9.59 Å². The molecule has 0 spiro atoms. The highest BCUT2D eigenvalue weighted by molar-refractivity contribution is 6.46. The van der Waals surface area contributed by atoms with Crippen molar-refractivity contribution in [3.63, 3.8) is 0 Å². The zero-order valence-electron chi connectivity index (χ0n) is 15.0. The number of hydrogen-bond donors (Lipinski definition) is 2. The Morgan fingerprint density at radius 1 is 1.07 bits per heavy atom. The van der Waals surface area contributed by atoms with Crippen LogP contribution in [0.5, 0.6) is 5.75 Å². The minimum Gasteiger partial charge on any atom is -0.507 e. The van der Waals surface area contributed by atoms with Crippen LogP contribution in [0.25, 0.3) is 5.76 Å². The first-order valence-electron chi connectivity index (χ1n) is 8.67. The maximum Gasteiger partial charge on any atom is 0.295 e. The smallest absolute Gasteiger partial charge is 0.295 e. The first kappa shape index (κ1) is 18.7. The summed E-state index contributed by atoms with van der Waals surface area (Å²) in [6.45, 7) is 0.111. The van der Waals surface area contributed by atoms with E-state index in [2.05, 4.69) is 0 Å². The molecule has 0 aliphatic carbocycles. The third-order valence-electron chi connectivity index (χ3n) is 4.58. The predicted molar refractivity (Wildman–Crippen MR) is 100 cm³/mol. The van der Waals surface area contributed by atoms with E-state index in [0.29, 0.717) is 23.3 Å². The van der Waals surface area contributed by atoms with Crippen LogP contribution < -0.4 is 4.74 Å². The van der Waals surface area contributed by atoms with E-state index in [-0.39, 0.29) is 24.5 Å². The average Bonchev–Trinajstić information content (AvgIpc) is 2.97. The van der Waals surface area contributed by atoms with Gasteiger partial charge >= 0.3 is 0 Å². The van der Waals surface area contributed by atoms with Gasteiger partial charge in [0.25, 0.3) is 11.7 Å². The normalized spacial score (nSPS) is 18.7. The lowest BCUT2D eigenvalue weighted by Crippen LogP contribution is -2.31. The van der Waals surface area contributed by atoms with Gasteiger partial charge in [0.2, 0.25) is 0 Å². The number of ketones is 1. The van der Waals surface area contributed by atoms with E-state index in [1.54, 1.807) is 61.7 Å². The molecule has 0 radical (unpaired) electrons. The van der Waals surface area contributed by atoms with Crippen molar-refractivity contribution in [2.24, 2.45) is 0 Å². The molecule has 6 nitrogen and oxygen atoms in total. The molecule has 2 aromatic carbocycles. The Labute approximate surface area is 157 Å². The van der Waals surface area contributed by atoms with Gasteiger partial charge in [-0.05, 0) is 24.1 Å². The average molecular weight is 367 g/mol. The van der Waals surface area contributed by atoms with Gasteiger partial charge in [-0.2, -0.15) is 0 Å². The number of methoxy groups -OCH3 is 1. The van der Waals surface area contributed by atoms with Gasteiger partial charge in [-0.15, -0.1) is 0 Å². The van der Waals surface area contributed by atoms with Crippen molar-refractivity contribution in [1.29, 1.82) is 0 Å². The monoisotopic (exact) mass is 367 g/mol. The molecular formula is C21H21NO5. The molecule has 1 aliphatic heterocycles. The van der Waals surface area contributed by atoms with Crippen LogP contribution in [0.1, 0.15) is 23.6 Å². The van der Waals surface area contributed by atoms with Crippen LogP contribution in [-0.4, -0.2) is 47.1 Å². The maximum absolute atomic E-state index is 12.7. The topological polar surface area (TPSA) is 87.1 Å². The molecule has 0 aromatic heterocycles. The lowest BCUT2D eigenvalue weighted by Gasteiger charge is -2.25. The number of likely N-dealkylation sites (tertiary alicyclic amines) is 1. The first-order chi connectivity index (χ1) is 13.1. The Balaban J connectivity index is 2.13. The molecule has 2 N–H and O–H groups in total. The molecular weight excluding hydrogens is 346 g/mol. The van der Waals surface area contributed by atoms with Crippen molar-refractivity contribution in [3.05, 3.63) is 71.3 Å². The van der Waals surface area contributed by atoms with Gasteiger partial charge in [-0.1, -0.05) is 42.5 Å². The molecule has 1 saturated heterocycles. The fourth-order valence-electron chi connectivity index (χ4n) is 3.24. The summed E-state index contributed by atoms with van der Waals surface area (Å²) < 4.78 is 5.17. The molecule has 1 fully saturated rings. The van der Waals surface area contributed by atoms with Crippen LogP contribution in [0.4, 0.5) is 0 Å². The van der Waals surface area contributed by atoms with Crippen LogP contribution in [0.15, 0.2) is 60.2 Å². The second kappa shape index (κ2) is 8.05. The minimum atomic E-state index is -0.727. The van der Waals surface area contributed by atoms with Crippen molar-refractivity contribution in [1.82, 2.24) is 4.90 Å². The fraction of sp³-hybridized carbons (Fsp3) is 0.238. The van der Waals surface area contributed by atoms with Crippen molar-refractivity contribution in [2.45, 2.75) is 12.5 Å². The van der Waals surface area contributed by atoms with Gasteiger partial charge in [-0.3, -0.25) is 9.59 Å². The Morgan fingerprint density at radius 2 is 1.74 bits per heavy atom. The van der Waals surface area contributed by atoms with E-state index in [9.17, 15) is 14.7 Å². The second-order valence-electron chi connectivity index (χ2n) is 6.21. The number of aliphatic hydroxyl groups excluding tert-OH is 2. The lowest BCUT2D eigenvalue weighted by molar-refractivity contribution is -0.140. The Morgan fingerprint density at radius 3 is 2.33 bits per heavy atom. The molecule has 140 valence electrons. The molecule has 2 aromatic rings. The van der Waals surface area contributed by atoms with Gasteiger partial charge in [0.05, 0.1) is 18.7 Å². The second-order valence-corrected chi connectivity index (χ2v) is 6.21. The quantitative estimate of drug-likeness (QED) is 0.465. The fourth-order valence-corrected chi connectivity index (χ4v) is 3.24. The number of Topliss-reactive ketones (excluding diaryl/α,β-unsaturated/α-hetero) is 1. The third kappa shape index (κ3) is 3.57. The van der Waals surface area contributed by atoms with Gasteiger partial charge in [-0.25, -0.2) is 0 Å². The molecule has 1 atom stereocenters. The van der Waals surface area contributed by atoms with Gasteiger partial charge in [0, 0.05) is 18.7 Å².